The number of hydrogen-bond donors (Lipinski definition) is 0. The van der Waals surface area contributed by atoms with E-state index in [1.54, 1.807) is 0 Å². The molecule has 0 fully saturated rings. The van der Waals surface area contributed by atoms with Crippen molar-refractivity contribution in [3.05, 3.63) is 40.5 Å². The van der Waals surface area contributed by atoms with Crippen LogP contribution in [0.3, 0.4) is 0 Å². The van der Waals surface area contributed by atoms with Crippen LogP contribution in [0.4, 0.5) is 13.2 Å². The lowest BCUT2D eigenvalue weighted by molar-refractivity contribution is -0.137. The van der Waals surface area contributed by atoms with Gasteiger partial charge in [0.2, 0.25) is 0 Å². The SMILES string of the molecule is CCc1nc(C)c(-c2ccc(C(F)(F)F)cc2)s1. The molecule has 0 aliphatic heterocycles. The van der Waals surface area contributed by atoms with E-state index in [9.17, 15) is 13.2 Å². The molecular formula is C13H12F3NS. The van der Waals surface area contributed by atoms with Crippen LogP contribution in [0.25, 0.3) is 10.4 Å². The number of hydrogen-bond acceptors (Lipinski definition) is 2. The summed E-state index contributed by atoms with van der Waals surface area (Å²) in [7, 11) is 0. The number of halogens is 3. The van der Waals surface area contributed by atoms with E-state index in [4.69, 9.17) is 0 Å². The van der Waals surface area contributed by atoms with Crippen molar-refractivity contribution in [3.8, 4) is 10.4 Å². The maximum Gasteiger partial charge on any atom is 0.416 e. The molecule has 0 aliphatic rings. The Balaban J connectivity index is 2.37. The summed E-state index contributed by atoms with van der Waals surface area (Å²) in [4.78, 5) is 5.32. The summed E-state index contributed by atoms with van der Waals surface area (Å²) >= 11 is 1.53. The van der Waals surface area contributed by atoms with Crippen LogP contribution in [0.15, 0.2) is 24.3 Å². The van der Waals surface area contributed by atoms with Crippen molar-refractivity contribution < 1.29 is 13.2 Å². The highest BCUT2D eigenvalue weighted by molar-refractivity contribution is 7.15. The summed E-state index contributed by atoms with van der Waals surface area (Å²) < 4.78 is 37.4. The third kappa shape index (κ3) is 2.56. The van der Waals surface area contributed by atoms with E-state index in [0.29, 0.717) is 0 Å². The van der Waals surface area contributed by atoms with Gasteiger partial charge >= 0.3 is 6.18 Å². The normalized spacial score (nSPS) is 11.8. The average Bonchev–Trinajstić information content (AvgIpc) is 2.70. The van der Waals surface area contributed by atoms with Crippen molar-refractivity contribution in [1.82, 2.24) is 4.98 Å². The number of rotatable bonds is 2. The summed E-state index contributed by atoms with van der Waals surface area (Å²) in [6.07, 6.45) is -3.44. The third-order valence-electron chi connectivity index (χ3n) is 2.62. The molecule has 96 valence electrons. The maximum absolute atomic E-state index is 12.5. The van der Waals surface area contributed by atoms with Crippen LogP contribution in [-0.4, -0.2) is 4.98 Å². The molecule has 0 saturated heterocycles. The first-order chi connectivity index (χ1) is 8.41. The summed E-state index contributed by atoms with van der Waals surface area (Å²) in [5.41, 5.74) is 1.04. The van der Waals surface area contributed by atoms with Crippen LogP contribution in [0.2, 0.25) is 0 Å². The Morgan fingerprint density at radius 2 is 1.78 bits per heavy atom. The van der Waals surface area contributed by atoms with E-state index in [0.717, 1.165) is 39.7 Å². The fraction of sp³-hybridized carbons (Fsp3) is 0.308. The van der Waals surface area contributed by atoms with Crippen LogP contribution >= 0.6 is 11.3 Å². The lowest BCUT2D eigenvalue weighted by Gasteiger charge is -2.06. The smallest absolute Gasteiger partial charge is 0.246 e. The van der Waals surface area contributed by atoms with Gasteiger partial charge < -0.3 is 0 Å². The molecule has 5 heteroatoms. The molecule has 2 aromatic rings. The Morgan fingerprint density at radius 3 is 2.22 bits per heavy atom. The van der Waals surface area contributed by atoms with Gasteiger partial charge in [-0.25, -0.2) is 4.98 Å². The molecule has 0 radical (unpaired) electrons. The first-order valence-electron chi connectivity index (χ1n) is 5.55. The fourth-order valence-electron chi connectivity index (χ4n) is 1.68. The van der Waals surface area contributed by atoms with E-state index >= 15 is 0 Å². The summed E-state index contributed by atoms with van der Waals surface area (Å²) in [5, 5.41) is 1.00. The van der Waals surface area contributed by atoms with Crippen molar-refractivity contribution in [2.45, 2.75) is 26.4 Å². The average molecular weight is 271 g/mol. The predicted octanol–water partition coefficient (Wildman–Crippen LogP) is 4.70. The standard InChI is InChI=1S/C13H12F3NS/c1-3-11-17-8(2)12(18-11)9-4-6-10(7-5-9)13(14,15)16/h4-7H,3H2,1-2H3. The molecule has 0 amide bonds. The van der Waals surface area contributed by atoms with Crippen molar-refractivity contribution >= 4 is 11.3 Å². The van der Waals surface area contributed by atoms with Gasteiger partial charge in [-0.05, 0) is 31.0 Å². The molecule has 0 atom stereocenters. The Labute approximate surface area is 107 Å². The van der Waals surface area contributed by atoms with Crippen LogP contribution in [0.1, 0.15) is 23.2 Å². The highest BCUT2D eigenvalue weighted by Crippen LogP contribution is 2.34. The van der Waals surface area contributed by atoms with Crippen molar-refractivity contribution in [2.24, 2.45) is 0 Å². The zero-order valence-electron chi connectivity index (χ0n) is 10.0. The second-order valence-corrected chi connectivity index (χ2v) is 5.03. The Bertz CT molecular complexity index is 540. The van der Waals surface area contributed by atoms with Gasteiger partial charge in [0.05, 0.1) is 21.1 Å². The zero-order chi connectivity index (χ0) is 13.3. The van der Waals surface area contributed by atoms with Gasteiger partial charge in [0, 0.05) is 0 Å². The first kappa shape index (κ1) is 13.1. The van der Waals surface area contributed by atoms with E-state index in [2.05, 4.69) is 4.98 Å². The van der Waals surface area contributed by atoms with Gasteiger partial charge in [-0.3, -0.25) is 0 Å². The van der Waals surface area contributed by atoms with Gasteiger partial charge in [0.15, 0.2) is 0 Å². The van der Waals surface area contributed by atoms with Gasteiger partial charge in [0.25, 0.3) is 0 Å². The molecular weight excluding hydrogens is 259 g/mol. The second-order valence-electron chi connectivity index (χ2n) is 3.95. The molecule has 2 rings (SSSR count). The quantitative estimate of drug-likeness (QED) is 0.771. The van der Waals surface area contributed by atoms with E-state index in [-0.39, 0.29) is 0 Å². The lowest BCUT2D eigenvalue weighted by atomic mass is 10.1. The molecule has 0 bridgehead atoms. The van der Waals surface area contributed by atoms with Gasteiger partial charge in [-0.2, -0.15) is 13.2 Å². The number of alkyl halides is 3. The van der Waals surface area contributed by atoms with Gasteiger partial charge in [-0.15, -0.1) is 11.3 Å². The molecule has 1 aromatic carbocycles. The van der Waals surface area contributed by atoms with Crippen molar-refractivity contribution in [1.29, 1.82) is 0 Å². The number of benzene rings is 1. The summed E-state index contributed by atoms with van der Waals surface area (Å²) in [6.45, 7) is 3.89. The molecule has 0 unspecified atom stereocenters. The second kappa shape index (κ2) is 4.72. The minimum absolute atomic E-state index is 0.621. The van der Waals surface area contributed by atoms with Crippen LogP contribution in [0, 0.1) is 6.92 Å². The zero-order valence-corrected chi connectivity index (χ0v) is 10.8. The predicted molar refractivity (Wildman–Crippen MR) is 66.7 cm³/mol. The monoisotopic (exact) mass is 271 g/mol. The van der Waals surface area contributed by atoms with Crippen molar-refractivity contribution in [2.75, 3.05) is 0 Å². The van der Waals surface area contributed by atoms with E-state index in [1.807, 2.05) is 13.8 Å². The highest BCUT2D eigenvalue weighted by atomic mass is 32.1. The molecule has 0 aliphatic carbocycles. The third-order valence-corrected chi connectivity index (χ3v) is 3.97. The Hall–Kier alpha value is -1.36. The largest absolute Gasteiger partial charge is 0.416 e. The molecule has 0 spiro atoms. The minimum Gasteiger partial charge on any atom is -0.246 e. The Morgan fingerprint density at radius 1 is 1.17 bits per heavy atom. The molecule has 18 heavy (non-hydrogen) atoms. The summed E-state index contributed by atoms with van der Waals surface area (Å²) in [5.74, 6) is 0. The van der Waals surface area contributed by atoms with Crippen molar-refractivity contribution in [3.63, 3.8) is 0 Å². The molecule has 1 aromatic heterocycles. The number of aryl methyl sites for hydroxylation is 2. The number of aromatic nitrogens is 1. The Kier molecular flexibility index (Phi) is 3.43. The van der Waals surface area contributed by atoms with Gasteiger partial charge in [-0.1, -0.05) is 19.1 Å². The lowest BCUT2D eigenvalue weighted by Crippen LogP contribution is -2.03. The first-order valence-corrected chi connectivity index (χ1v) is 6.37. The molecule has 0 saturated carbocycles. The highest BCUT2D eigenvalue weighted by Gasteiger charge is 2.30. The van der Waals surface area contributed by atoms with Crippen LogP contribution in [-0.2, 0) is 12.6 Å². The maximum atomic E-state index is 12.5. The number of nitrogens with zero attached hydrogens (tertiary/aromatic N) is 1. The number of thiazole rings is 1. The van der Waals surface area contributed by atoms with E-state index < -0.39 is 11.7 Å². The van der Waals surface area contributed by atoms with Crippen LogP contribution in [0.5, 0.6) is 0 Å². The molecule has 1 heterocycles. The fourth-order valence-corrected chi connectivity index (χ4v) is 2.69. The van der Waals surface area contributed by atoms with Crippen LogP contribution < -0.4 is 0 Å². The van der Waals surface area contributed by atoms with E-state index in [1.165, 1.54) is 23.5 Å². The summed E-state index contributed by atoms with van der Waals surface area (Å²) in [6, 6.07) is 5.23. The van der Waals surface area contributed by atoms with Gasteiger partial charge in [0.1, 0.15) is 0 Å². The molecule has 1 nitrogen and oxygen atoms in total. The molecule has 0 N–H and O–H groups in total. The topological polar surface area (TPSA) is 12.9 Å². The minimum atomic E-state index is -4.28.